The molecule has 0 aliphatic heterocycles. The van der Waals surface area contributed by atoms with Crippen LogP contribution in [0.5, 0.6) is 0 Å². The van der Waals surface area contributed by atoms with E-state index < -0.39 is 5.97 Å². The molecule has 0 bridgehead atoms. The Hall–Kier alpha value is -0.953. The maximum atomic E-state index is 11.0. The summed E-state index contributed by atoms with van der Waals surface area (Å²) in [6.45, 7) is 2.81. The molecule has 2 aromatic rings. The van der Waals surface area contributed by atoms with E-state index in [4.69, 9.17) is 0 Å². The average molecular weight is 241 g/mol. The van der Waals surface area contributed by atoms with Crippen LogP contribution >= 0.6 is 11.3 Å². The van der Waals surface area contributed by atoms with Gasteiger partial charge in [0.1, 0.15) is 0 Å². The molecule has 0 aliphatic carbocycles. The summed E-state index contributed by atoms with van der Waals surface area (Å²) in [5.74, 6) is -1.11. The monoisotopic (exact) mass is 241 g/mol. The van der Waals surface area contributed by atoms with E-state index in [2.05, 4.69) is 5.32 Å². The van der Waals surface area contributed by atoms with E-state index in [-0.39, 0.29) is 23.7 Å². The van der Waals surface area contributed by atoms with Gasteiger partial charge in [0.15, 0.2) is 0 Å². The van der Waals surface area contributed by atoms with Crippen LogP contribution in [0.15, 0.2) is 24.3 Å². The third-order valence-electron chi connectivity index (χ3n) is 2.33. The van der Waals surface area contributed by atoms with Gasteiger partial charge in [0.25, 0.3) is 0 Å². The van der Waals surface area contributed by atoms with Crippen LogP contribution in [0.2, 0.25) is 0 Å². The van der Waals surface area contributed by atoms with Gasteiger partial charge in [0.2, 0.25) is 0 Å². The molecule has 0 fully saturated rings. The average Bonchev–Trinajstić information content (AvgIpc) is 2.65. The predicted molar refractivity (Wildman–Crippen MR) is 64.9 cm³/mol. The molecule has 0 atom stereocenters. The van der Waals surface area contributed by atoms with Crippen LogP contribution in [-0.2, 0) is 0 Å². The Morgan fingerprint density at radius 2 is 2.12 bits per heavy atom. The number of benzene rings is 1. The second-order valence-corrected chi connectivity index (χ2v) is 4.57. The zero-order valence-corrected chi connectivity index (χ0v) is 10.8. The molecule has 3 nitrogen and oxygen atoms in total. The number of carbonyl (C=O) groups excluding carboxylic acids is 1. The van der Waals surface area contributed by atoms with Crippen molar-refractivity contribution in [3.05, 3.63) is 29.1 Å². The number of thiophene rings is 1. The summed E-state index contributed by atoms with van der Waals surface area (Å²) in [5, 5.41) is 15.1. The number of carbonyl (C=O) groups is 1. The van der Waals surface area contributed by atoms with Crippen LogP contribution in [-0.4, -0.2) is 12.5 Å². The fourth-order valence-corrected chi connectivity index (χ4v) is 2.63. The molecule has 1 aromatic carbocycles. The number of hydrogen-bond donors (Lipinski definition) is 1. The maximum Gasteiger partial charge on any atom is 1.00 e. The first-order valence-electron chi connectivity index (χ1n) is 5.20. The van der Waals surface area contributed by atoms with Crippen molar-refractivity contribution in [2.75, 3.05) is 11.9 Å². The number of nitrogens with one attached hydrogen (secondary N) is 1. The van der Waals surface area contributed by atoms with Crippen molar-refractivity contribution < 1.29 is 28.8 Å². The molecule has 0 radical (unpaired) electrons. The minimum Gasteiger partial charge on any atom is -0.544 e. The summed E-state index contributed by atoms with van der Waals surface area (Å²) in [6.07, 6.45) is 0.955. The van der Waals surface area contributed by atoms with Gasteiger partial charge < -0.3 is 15.2 Å². The quantitative estimate of drug-likeness (QED) is 0.705. The summed E-state index contributed by atoms with van der Waals surface area (Å²) in [4.78, 5) is 11.3. The third-order valence-corrected chi connectivity index (χ3v) is 3.48. The molecule has 1 heterocycles. The minimum absolute atomic E-state index is 0. The Balaban J connectivity index is 0.00000144. The first-order valence-corrected chi connectivity index (χ1v) is 6.02. The van der Waals surface area contributed by atoms with Crippen LogP contribution < -0.4 is 29.3 Å². The topological polar surface area (TPSA) is 52.2 Å². The van der Waals surface area contributed by atoms with E-state index >= 15 is 0 Å². The molecule has 0 saturated heterocycles. The van der Waals surface area contributed by atoms with Gasteiger partial charge in [-0.3, -0.25) is 0 Å². The SMILES string of the molecule is CCCNc1c(C(=O)[O-])sc2ccccc12.[Li+]. The number of aromatic carboxylic acids is 1. The van der Waals surface area contributed by atoms with E-state index in [0.29, 0.717) is 5.69 Å². The van der Waals surface area contributed by atoms with Gasteiger partial charge in [-0.2, -0.15) is 0 Å². The van der Waals surface area contributed by atoms with Gasteiger partial charge in [-0.05, 0) is 12.5 Å². The number of rotatable bonds is 4. The Labute approximate surface area is 116 Å². The summed E-state index contributed by atoms with van der Waals surface area (Å²) in [5.41, 5.74) is 0.697. The number of carboxylic acids is 1. The zero-order valence-electron chi connectivity index (χ0n) is 9.95. The van der Waals surface area contributed by atoms with Crippen molar-refractivity contribution in [2.24, 2.45) is 0 Å². The van der Waals surface area contributed by atoms with Gasteiger partial charge in [-0.1, -0.05) is 25.1 Å². The summed E-state index contributed by atoms with van der Waals surface area (Å²) in [6, 6.07) is 7.66. The first-order chi connectivity index (χ1) is 7.74. The van der Waals surface area contributed by atoms with Crippen molar-refractivity contribution in [3.63, 3.8) is 0 Å². The van der Waals surface area contributed by atoms with Gasteiger partial charge in [-0.15, -0.1) is 11.3 Å². The standard InChI is InChI=1S/C12H13NO2S.Li/c1-2-7-13-10-8-5-3-4-6-9(8)16-11(10)12(14)15;/h3-6,13H,2,7H2,1H3,(H,14,15);/q;+1/p-1. The summed E-state index contributed by atoms with van der Waals surface area (Å²) in [7, 11) is 0. The Bertz CT molecular complexity index is 524. The number of fused-ring (bicyclic) bond motifs is 1. The first kappa shape index (κ1) is 14.1. The van der Waals surface area contributed by atoms with Crippen molar-refractivity contribution in [1.82, 2.24) is 0 Å². The molecule has 84 valence electrons. The van der Waals surface area contributed by atoms with Crippen LogP contribution in [0.3, 0.4) is 0 Å². The second-order valence-electron chi connectivity index (χ2n) is 3.52. The molecule has 2 rings (SSSR count). The second kappa shape index (κ2) is 6.11. The van der Waals surface area contributed by atoms with Gasteiger partial charge in [-0.25, -0.2) is 0 Å². The van der Waals surface area contributed by atoms with Crippen molar-refractivity contribution >= 4 is 33.1 Å². The Morgan fingerprint density at radius 3 is 2.76 bits per heavy atom. The molecule has 0 amide bonds. The Morgan fingerprint density at radius 1 is 1.41 bits per heavy atom. The predicted octanol–water partition coefficient (Wildman–Crippen LogP) is -0.909. The number of anilines is 1. The fraction of sp³-hybridized carbons (Fsp3) is 0.250. The van der Waals surface area contributed by atoms with Gasteiger partial charge in [0.05, 0.1) is 16.5 Å². The zero-order chi connectivity index (χ0) is 11.5. The molecule has 0 spiro atoms. The number of hydrogen-bond acceptors (Lipinski definition) is 4. The van der Waals surface area contributed by atoms with Gasteiger partial charge >= 0.3 is 18.9 Å². The minimum atomic E-state index is -1.11. The van der Waals surface area contributed by atoms with E-state index in [1.165, 1.54) is 11.3 Å². The molecule has 0 aliphatic rings. The molecule has 5 heteroatoms. The van der Waals surface area contributed by atoms with Crippen molar-refractivity contribution in [2.45, 2.75) is 13.3 Å². The molecule has 1 aromatic heterocycles. The van der Waals surface area contributed by atoms with Crippen molar-refractivity contribution in [1.29, 1.82) is 0 Å². The summed E-state index contributed by atoms with van der Waals surface area (Å²) >= 11 is 1.26. The van der Waals surface area contributed by atoms with Crippen LogP contribution in [0.1, 0.15) is 23.0 Å². The van der Waals surface area contributed by atoms with E-state index in [0.717, 1.165) is 23.1 Å². The van der Waals surface area contributed by atoms with E-state index in [9.17, 15) is 9.90 Å². The van der Waals surface area contributed by atoms with E-state index in [1.54, 1.807) is 0 Å². The molecular formula is C12H12LiNO2S. The van der Waals surface area contributed by atoms with Crippen LogP contribution in [0, 0.1) is 0 Å². The van der Waals surface area contributed by atoms with Crippen LogP contribution in [0.25, 0.3) is 10.1 Å². The maximum absolute atomic E-state index is 11.0. The molecule has 0 unspecified atom stereocenters. The largest absolute Gasteiger partial charge is 1.00 e. The van der Waals surface area contributed by atoms with Gasteiger partial charge in [0, 0.05) is 16.6 Å². The molecule has 0 saturated carbocycles. The summed E-state index contributed by atoms with van der Waals surface area (Å²) < 4.78 is 0.973. The number of carboxylic acid groups (broad SMARTS) is 1. The van der Waals surface area contributed by atoms with Crippen molar-refractivity contribution in [3.8, 4) is 0 Å². The smallest absolute Gasteiger partial charge is 0.544 e. The third kappa shape index (κ3) is 2.84. The normalized spacial score (nSPS) is 9.94. The fourth-order valence-electron chi connectivity index (χ4n) is 1.61. The molecule has 17 heavy (non-hydrogen) atoms. The molecular weight excluding hydrogens is 229 g/mol. The molecule has 1 N–H and O–H groups in total. The van der Waals surface area contributed by atoms with E-state index in [1.807, 2.05) is 31.2 Å². The van der Waals surface area contributed by atoms with Crippen LogP contribution in [0.4, 0.5) is 5.69 Å². The Kier molecular flexibility index (Phi) is 5.07.